The number of nitrogens with zero attached hydrogens (tertiary/aromatic N) is 3. The highest BCUT2D eigenvalue weighted by Crippen LogP contribution is 2.66. The van der Waals surface area contributed by atoms with E-state index >= 15 is 0 Å². The molecule has 10 unspecified atom stereocenters. The number of nitrogen functional groups attached to an aromatic ring is 1. The Balaban J connectivity index is 1.39. The van der Waals surface area contributed by atoms with Gasteiger partial charge in [-0.25, -0.2) is 42.8 Å². The number of unbranched alkanes of at least 4 members (excludes halogenated alkanes) is 2. The number of nitrogens with two attached hydrogens (primary N) is 1. The van der Waals surface area contributed by atoms with E-state index in [4.69, 9.17) is 30.5 Å². The Morgan fingerprint density at radius 1 is 0.697 bits per heavy atom. The summed E-state index contributed by atoms with van der Waals surface area (Å²) in [6, 6.07) is -9.01. The summed E-state index contributed by atoms with van der Waals surface area (Å²) in [5.41, 5.74) is 6.56. The highest BCUT2D eigenvalue weighted by molar-refractivity contribution is 8.76. The molecule has 0 bridgehead atoms. The number of aliphatic hydroxyl groups excluding tert-OH is 1. The fourth-order valence-electron chi connectivity index (χ4n) is 7.52. The molecule has 1 fully saturated rings. The van der Waals surface area contributed by atoms with Crippen LogP contribution in [0.15, 0.2) is 12.5 Å². The number of amides is 7. The molecule has 2 aromatic heterocycles. The molecule has 7 amide bonds. The number of carbonyl (C=O) groups is 12. The number of carbonyl (C=O) groups excluding carboxylic acids is 7. The van der Waals surface area contributed by atoms with Gasteiger partial charge >= 0.3 is 53.3 Å². The lowest BCUT2D eigenvalue weighted by Crippen LogP contribution is -2.51. The van der Waals surface area contributed by atoms with Gasteiger partial charge in [0.25, 0.3) is 0 Å². The molecule has 40 nitrogen and oxygen atoms in total. The molecule has 3 heterocycles. The number of fused-ring (bicyclic) bond motifs is 1. The van der Waals surface area contributed by atoms with Crippen LogP contribution in [0.4, 0.5) is 5.82 Å². The molecule has 19 N–H and O–H groups in total. The van der Waals surface area contributed by atoms with Crippen molar-refractivity contribution in [2.24, 2.45) is 0 Å². The summed E-state index contributed by atoms with van der Waals surface area (Å²) < 4.78 is 53.9. The maximum atomic E-state index is 13.0. The van der Waals surface area contributed by atoms with E-state index in [2.05, 4.69) is 56.2 Å². The van der Waals surface area contributed by atoms with Crippen LogP contribution in [0, 0.1) is 11.8 Å². The number of phosphoric acid groups is 3. The van der Waals surface area contributed by atoms with Crippen LogP contribution in [0.5, 0.6) is 0 Å². The third kappa shape index (κ3) is 28.4. The second kappa shape index (κ2) is 35.7. The second-order valence-electron chi connectivity index (χ2n) is 18.6. The summed E-state index contributed by atoms with van der Waals surface area (Å²) in [6.07, 6.45) is -5.21. The zero-order valence-corrected chi connectivity index (χ0v) is 50.5. The summed E-state index contributed by atoms with van der Waals surface area (Å²) in [7, 11) is -14.6. The van der Waals surface area contributed by atoms with Gasteiger partial charge in [-0.3, -0.25) is 42.9 Å². The van der Waals surface area contributed by atoms with Gasteiger partial charge in [0.15, 0.2) is 0 Å². The minimum atomic E-state index is -5.80. The molecule has 0 saturated carbocycles. The Labute approximate surface area is 509 Å². The normalized spacial score (nSPS) is 17.7. The molecule has 494 valence electrons. The average molecular weight is 1370 g/mol. The lowest BCUT2D eigenvalue weighted by atomic mass is 10.1. The first kappa shape index (κ1) is 75.9. The predicted molar refractivity (Wildman–Crippen MR) is 299 cm³/mol. The van der Waals surface area contributed by atoms with Gasteiger partial charge in [-0.05, 0) is 12.8 Å². The van der Waals surface area contributed by atoms with Crippen LogP contribution in [-0.4, -0.2) is 210 Å². The number of ether oxygens (including phenoxy) is 1. The molecule has 45 heteroatoms. The first-order valence-electron chi connectivity index (χ1n) is 25.5. The van der Waals surface area contributed by atoms with Crippen molar-refractivity contribution >= 4 is 133 Å². The number of aromatic nitrogens is 3. The Bertz CT molecular complexity index is 3180. The van der Waals surface area contributed by atoms with E-state index in [0.29, 0.717) is 12.8 Å². The van der Waals surface area contributed by atoms with Crippen molar-refractivity contribution in [3.05, 3.63) is 18.1 Å². The zero-order chi connectivity index (χ0) is 67.0. The van der Waals surface area contributed by atoms with Gasteiger partial charge in [0.05, 0.1) is 55.9 Å². The molecule has 0 aliphatic carbocycles. The van der Waals surface area contributed by atoms with Crippen molar-refractivity contribution in [3.63, 3.8) is 0 Å². The van der Waals surface area contributed by atoms with Crippen LogP contribution in [0.25, 0.3) is 11.0 Å². The number of hydrogen-bond acceptors (Lipinski definition) is 25. The SMILES string of the molecule is CC(=O)NC(CSSCCC(=O)NCC#Cc1cn(C2CC(O)C(COP(=O)(O)OP(=O)(O)OP(=O)(O)O)O2)c2ncnc(N)c12)C(=O)NCCCCCC(=O)NC(CC(=O)NC(CC(=O)NC(CC(=O)NC(CC(=O)O)C(=O)O)C(=O)O)C(=O)O)C(=O)O. The van der Waals surface area contributed by atoms with Crippen LogP contribution in [-0.2, 0) is 89.1 Å². The Morgan fingerprint density at radius 3 is 1.78 bits per heavy atom. The van der Waals surface area contributed by atoms with Gasteiger partial charge in [0.2, 0.25) is 41.4 Å². The van der Waals surface area contributed by atoms with Crippen LogP contribution < -0.4 is 43.0 Å². The fourth-order valence-corrected chi connectivity index (χ4v) is 12.7. The van der Waals surface area contributed by atoms with Gasteiger partial charge in [0.1, 0.15) is 60.3 Å². The minimum absolute atomic E-state index is 0.00597. The third-order valence-electron chi connectivity index (χ3n) is 11.5. The predicted octanol–water partition coefficient (Wildman–Crippen LogP) is -3.65. The number of anilines is 1. The highest BCUT2D eigenvalue weighted by atomic mass is 33.1. The maximum Gasteiger partial charge on any atom is 0.490 e. The van der Waals surface area contributed by atoms with Crippen LogP contribution in [0.2, 0.25) is 0 Å². The molecule has 3 rings (SSSR count). The molecule has 0 radical (unpaired) electrons. The van der Waals surface area contributed by atoms with E-state index in [1.165, 1.54) is 39.3 Å². The summed E-state index contributed by atoms with van der Waals surface area (Å²) in [5.74, 6) is -9.04. The highest BCUT2D eigenvalue weighted by Gasteiger charge is 2.43. The Hall–Kier alpha value is -7.35. The molecule has 10 atom stereocenters. The van der Waals surface area contributed by atoms with Gasteiger partial charge < -0.3 is 102 Å². The monoisotopic (exact) mass is 1370 g/mol. The second-order valence-corrected chi connectivity index (χ2v) is 25.6. The van der Waals surface area contributed by atoms with E-state index in [1.807, 2.05) is 10.6 Å². The number of phosphoric ester groups is 1. The number of aliphatic hydroxyl groups is 1. The number of hydrogen-bond donors (Lipinski definition) is 18. The van der Waals surface area contributed by atoms with Crippen molar-refractivity contribution in [2.75, 3.05) is 36.9 Å². The average Bonchev–Trinajstić information content (AvgIpc) is 1.73. The first-order chi connectivity index (χ1) is 41.5. The maximum absolute atomic E-state index is 13.0. The summed E-state index contributed by atoms with van der Waals surface area (Å²) >= 11 is 0. The summed E-state index contributed by atoms with van der Waals surface area (Å²) in [5, 5.41) is 72.8. The number of nitrogens with one attached hydrogen (secondary N) is 7. The molecular weight excluding hydrogens is 1300 g/mol. The van der Waals surface area contributed by atoms with Crippen molar-refractivity contribution in [1.82, 2.24) is 51.8 Å². The molecule has 2 aromatic rings. The molecule has 1 saturated heterocycles. The van der Waals surface area contributed by atoms with E-state index in [1.54, 1.807) is 5.32 Å². The quantitative estimate of drug-likeness (QED) is 0.0133. The molecule has 0 spiro atoms. The first-order valence-corrected chi connectivity index (χ1v) is 32.5. The summed E-state index contributed by atoms with van der Waals surface area (Å²) in [4.78, 5) is 190. The van der Waals surface area contributed by atoms with Crippen molar-refractivity contribution in [3.8, 4) is 11.8 Å². The molecule has 0 aromatic carbocycles. The number of carboxylic acids is 5. The third-order valence-corrected chi connectivity index (χ3v) is 17.7. The lowest BCUT2D eigenvalue weighted by molar-refractivity contribution is -0.148. The van der Waals surface area contributed by atoms with Crippen LogP contribution >= 0.6 is 45.1 Å². The molecule has 1 aliphatic rings. The van der Waals surface area contributed by atoms with E-state index in [-0.39, 0.29) is 72.7 Å². The van der Waals surface area contributed by atoms with Crippen molar-refractivity contribution < 1.29 is 139 Å². The molecular formula is C44H62N11O29P3S2. The minimum Gasteiger partial charge on any atom is -0.481 e. The van der Waals surface area contributed by atoms with Crippen molar-refractivity contribution in [1.29, 1.82) is 0 Å². The lowest BCUT2D eigenvalue weighted by Gasteiger charge is -2.19. The van der Waals surface area contributed by atoms with Crippen LogP contribution in [0.3, 0.4) is 0 Å². The number of aliphatic carboxylic acids is 5. The molecule has 89 heavy (non-hydrogen) atoms. The summed E-state index contributed by atoms with van der Waals surface area (Å²) in [6.45, 7) is 0.215. The van der Waals surface area contributed by atoms with Gasteiger partial charge in [0, 0.05) is 50.4 Å². The van der Waals surface area contributed by atoms with Gasteiger partial charge in [-0.1, -0.05) is 39.8 Å². The topological polar surface area (TPSA) is 636 Å². The number of rotatable bonds is 39. The van der Waals surface area contributed by atoms with Crippen molar-refractivity contribution in [2.45, 2.75) is 120 Å². The zero-order valence-electron chi connectivity index (χ0n) is 46.2. The van der Waals surface area contributed by atoms with E-state index in [0.717, 1.165) is 6.33 Å². The number of carboxylic acid groups (broad SMARTS) is 5. The Kier molecular flexibility index (Phi) is 30.5. The Morgan fingerprint density at radius 2 is 1.25 bits per heavy atom. The van der Waals surface area contributed by atoms with Crippen LogP contribution in [0.1, 0.15) is 82.9 Å². The standard InChI is InChI=1S/C44H62N11O29P3S2/c1-21(56)50-27(40(65)47-9-4-2-3-7-31(59)51-23(41(66)67)12-32(60)52-24(42(68)69)13-33(61)53-25(43(70)71)14-34(62)54-26(44(72)73)15-36(63)64)19-89-88-11-8-30(58)46-10-5-6-22-17-55(39-37(22)38(45)48-20-49-39)35-16-28(57)29(82-35)18-81-86(77,78)84-87(79,80)83-85(74,75)76/h17,20,23-29,35,57H,2-4,7-16,18-19H2,1H3,(H,46,58)(H,47,65)(H,50,56)(H,51,59)(H,52,60)(H,53,61)(H,54,62)(H,63,64)(H,66,67)(H,68,69)(H,70,71)(H,72,73)(H,77,78)(H,79,80)(H2,45,48,49)(H2,74,75,76). The molecule has 1 aliphatic heterocycles. The largest absolute Gasteiger partial charge is 0.490 e. The van der Waals surface area contributed by atoms with E-state index in [9.17, 15) is 101 Å². The van der Waals surface area contributed by atoms with E-state index < -0.39 is 176 Å². The van der Waals surface area contributed by atoms with Gasteiger partial charge in [-0.15, -0.1) is 0 Å². The van der Waals surface area contributed by atoms with Gasteiger partial charge in [-0.2, -0.15) is 8.62 Å². The smallest absolute Gasteiger partial charge is 0.481 e. The fraction of sp³-hybridized carbons (Fsp3) is 0.545.